The first kappa shape index (κ1) is 58.1. The molecule has 0 unspecified atom stereocenters. The van der Waals surface area contributed by atoms with Crippen LogP contribution in [0.2, 0.25) is 0 Å². The van der Waals surface area contributed by atoms with Crippen molar-refractivity contribution in [1.82, 2.24) is 0 Å². The number of nitrogens with zero attached hydrogens (tertiary/aromatic N) is 2. The number of benzene rings is 14. The third kappa shape index (κ3) is 11.3. The molecule has 0 radical (unpaired) electrons. The summed E-state index contributed by atoms with van der Waals surface area (Å²) in [5, 5.41) is 0. The number of fused-ring (bicyclic) bond motifs is 4. The Morgan fingerprint density at radius 2 is 0.568 bits per heavy atom. The van der Waals surface area contributed by atoms with E-state index in [-0.39, 0.29) is 13.4 Å². The Morgan fingerprint density at radius 3 is 1.02 bits per heavy atom. The zero-order valence-corrected chi connectivity index (χ0v) is 52.7. The second-order valence-corrected chi connectivity index (χ2v) is 24.5. The van der Waals surface area contributed by atoms with Crippen LogP contribution in [0.5, 0.6) is 0 Å². The molecule has 0 saturated heterocycles. The van der Waals surface area contributed by atoms with Crippen molar-refractivity contribution < 1.29 is 0 Å². The van der Waals surface area contributed by atoms with Crippen molar-refractivity contribution in [3.8, 4) is 66.8 Å². The maximum Gasteiger partial charge on any atom is 0.248 e. The lowest BCUT2D eigenvalue weighted by molar-refractivity contribution is 1.29. The summed E-state index contributed by atoms with van der Waals surface area (Å²) in [6.07, 6.45) is 11.8. The van der Waals surface area contributed by atoms with Gasteiger partial charge in [0.25, 0.3) is 0 Å². The third-order valence-corrected chi connectivity index (χ3v) is 18.9. The molecule has 0 amide bonds. The zero-order chi connectivity index (χ0) is 63.3. The molecule has 95 heavy (non-hydrogen) atoms. The Balaban J connectivity index is 0.000000186. The fourth-order valence-corrected chi connectivity index (χ4v) is 14.7. The molecule has 446 valence electrons. The van der Waals surface area contributed by atoms with E-state index >= 15 is 0 Å². The molecule has 0 atom stereocenters. The van der Waals surface area contributed by atoms with Crippen LogP contribution in [0.3, 0.4) is 0 Å². The van der Waals surface area contributed by atoms with Crippen LogP contribution in [0, 0.1) is 0 Å². The van der Waals surface area contributed by atoms with Crippen molar-refractivity contribution in [2.24, 2.45) is 0 Å². The maximum absolute atomic E-state index is 2.57. The topological polar surface area (TPSA) is 6.48 Å². The highest BCUT2D eigenvalue weighted by Gasteiger charge is 2.40. The van der Waals surface area contributed by atoms with Gasteiger partial charge in [0.05, 0.1) is 5.69 Å². The first-order valence-corrected chi connectivity index (χ1v) is 33.0. The van der Waals surface area contributed by atoms with Gasteiger partial charge in [0, 0.05) is 39.6 Å². The first-order chi connectivity index (χ1) is 47.2. The van der Waals surface area contributed by atoms with Crippen molar-refractivity contribution in [3.05, 3.63) is 394 Å². The Morgan fingerprint density at radius 1 is 0.232 bits per heavy atom. The lowest BCUT2D eigenvalue weighted by Gasteiger charge is -2.40. The number of rotatable bonds is 11. The normalized spacial score (nSPS) is 12.7. The quantitative estimate of drug-likeness (QED) is 0.119. The maximum atomic E-state index is 2.57. The summed E-state index contributed by atoms with van der Waals surface area (Å²) in [7, 11) is 0. The summed E-state index contributed by atoms with van der Waals surface area (Å²) in [5.41, 5.74) is 32.1. The van der Waals surface area contributed by atoms with E-state index in [1.165, 1.54) is 145 Å². The minimum absolute atomic E-state index is 0.0850. The summed E-state index contributed by atoms with van der Waals surface area (Å²) in [4.78, 5) is 4.96. The van der Waals surface area contributed by atoms with Crippen LogP contribution in [0.15, 0.2) is 388 Å². The fraction of sp³-hybridized carbons (Fsp3) is 0.0110. The molecule has 2 heterocycles. The van der Waals surface area contributed by atoms with Crippen molar-refractivity contribution in [1.29, 1.82) is 0 Å². The Bertz CT molecular complexity index is 4930. The van der Waals surface area contributed by atoms with E-state index in [1.54, 1.807) is 0 Å². The Kier molecular flexibility index (Phi) is 16.1. The minimum atomic E-state index is -0.0850. The predicted molar refractivity (Wildman–Crippen MR) is 408 cm³/mol. The van der Waals surface area contributed by atoms with E-state index in [9.17, 15) is 0 Å². The van der Waals surface area contributed by atoms with E-state index in [1.807, 2.05) is 0 Å². The molecule has 14 aromatic carbocycles. The van der Waals surface area contributed by atoms with Crippen LogP contribution in [0.1, 0.15) is 12.0 Å². The first-order valence-electron chi connectivity index (χ1n) is 33.0. The molecule has 0 aromatic heterocycles. The summed E-state index contributed by atoms with van der Waals surface area (Å²) in [6.45, 7) is 0.0806. The van der Waals surface area contributed by atoms with E-state index in [2.05, 4.69) is 398 Å². The van der Waals surface area contributed by atoms with Gasteiger partial charge in [-0.15, -0.1) is 0 Å². The monoisotopic (exact) mass is 1210 g/mol. The molecular weight excluding hydrogens is 1140 g/mol. The largest absolute Gasteiger partial charge is 0.312 e. The molecule has 4 heteroatoms. The second kappa shape index (κ2) is 26.3. The Hall–Kier alpha value is -12.0. The SMILES string of the molecule is C1=CC=C(c2cc(-c3ccccc3)c(N3c4ccccc4B(c4c(-c5ccccc5)cc(-c5ccccc5)cc4-c4ccccc4)c4ccccc43)c(-c3ccccc3)c2)CC=C1.c1ccc(-c2ccccc2B2c3ccccc3N(c3ccccc3)c3ccccc32)cc1. The smallest absolute Gasteiger partial charge is 0.248 e. The highest BCUT2D eigenvalue weighted by Crippen LogP contribution is 2.49. The van der Waals surface area contributed by atoms with Gasteiger partial charge in [-0.3, -0.25) is 0 Å². The summed E-state index contributed by atoms with van der Waals surface area (Å²) in [6, 6.07) is 131. The van der Waals surface area contributed by atoms with Gasteiger partial charge in [0.2, 0.25) is 13.4 Å². The summed E-state index contributed by atoms with van der Waals surface area (Å²) >= 11 is 0. The molecule has 0 saturated carbocycles. The molecule has 3 aliphatic rings. The standard InChI is InChI=1S/C61H44BN.C30H22BN/c1-2-9-25-45(24-8-1)51-42-54(48-32-16-6-17-33-48)61(55(43-51)49-34-18-7-19-35-49)63-58-38-22-20-36-56(58)62(57-37-21-23-39-59(57)63)60-52(46-28-12-4-13-29-46)40-50(44-26-10-3-11-27-44)41-53(60)47-30-14-5-15-31-47;1-3-13-23(14-4-1)25-17-7-8-18-26(25)31-27-19-9-11-21-29(27)32(24-15-5-2-6-16-24)30-22-12-10-20-28(30)31/h1-24,26-43H,25H2;1-22H. The fourth-order valence-electron chi connectivity index (χ4n) is 14.7. The average Bonchev–Trinajstić information content (AvgIpc) is 0.735. The van der Waals surface area contributed by atoms with Crippen LogP contribution >= 0.6 is 0 Å². The molecule has 2 nitrogen and oxygen atoms in total. The van der Waals surface area contributed by atoms with Crippen LogP contribution in [0.4, 0.5) is 34.1 Å². The second-order valence-electron chi connectivity index (χ2n) is 24.5. The third-order valence-electron chi connectivity index (χ3n) is 18.9. The van der Waals surface area contributed by atoms with E-state index < -0.39 is 0 Å². The van der Waals surface area contributed by atoms with Crippen LogP contribution in [0.25, 0.3) is 72.3 Å². The van der Waals surface area contributed by atoms with Gasteiger partial charge in [-0.25, -0.2) is 0 Å². The van der Waals surface area contributed by atoms with Crippen molar-refractivity contribution in [3.63, 3.8) is 0 Å². The molecule has 0 bridgehead atoms. The van der Waals surface area contributed by atoms with Gasteiger partial charge in [-0.2, -0.15) is 0 Å². The number of hydrogen-bond acceptors (Lipinski definition) is 2. The number of hydrogen-bond donors (Lipinski definition) is 0. The van der Waals surface area contributed by atoms with Gasteiger partial charge in [-0.05, 0) is 156 Å². The summed E-state index contributed by atoms with van der Waals surface area (Å²) in [5.74, 6) is 0. The highest BCUT2D eigenvalue weighted by molar-refractivity contribution is 7.00. The Labute approximate surface area is 559 Å². The van der Waals surface area contributed by atoms with E-state index in [0.29, 0.717) is 0 Å². The van der Waals surface area contributed by atoms with Gasteiger partial charge in [0.15, 0.2) is 0 Å². The van der Waals surface area contributed by atoms with Crippen molar-refractivity contribution >= 4 is 85.9 Å². The molecule has 17 rings (SSSR count). The van der Waals surface area contributed by atoms with Crippen LogP contribution < -0.4 is 42.6 Å². The molecule has 2 aliphatic heterocycles. The van der Waals surface area contributed by atoms with Crippen molar-refractivity contribution in [2.75, 3.05) is 9.80 Å². The lowest BCUT2D eigenvalue weighted by atomic mass is 9.33. The number of para-hydroxylation sites is 5. The molecule has 0 N–H and O–H groups in total. The average molecular weight is 1210 g/mol. The highest BCUT2D eigenvalue weighted by atomic mass is 15.2. The molecular formula is C91H66B2N2. The molecule has 14 aromatic rings. The van der Waals surface area contributed by atoms with E-state index in [4.69, 9.17) is 0 Å². The van der Waals surface area contributed by atoms with Gasteiger partial charge < -0.3 is 9.80 Å². The summed E-state index contributed by atoms with van der Waals surface area (Å²) < 4.78 is 0. The van der Waals surface area contributed by atoms with Crippen LogP contribution in [-0.2, 0) is 0 Å². The minimum Gasteiger partial charge on any atom is -0.312 e. The van der Waals surface area contributed by atoms with Crippen molar-refractivity contribution in [2.45, 2.75) is 6.42 Å². The van der Waals surface area contributed by atoms with E-state index in [0.717, 1.165) is 6.42 Å². The molecule has 0 fully saturated rings. The zero-order valence-electron chi connectivity index (χ0n) is 52.7. The van der Waals surface area contributed by atoms with Gasteiger partial charge in [0.1, 0.15) is 0 Å². The van der Waals surface area contributed by atoms with Gasteiger partial charge in [-0.1, -0.05) is 339 Å². The lowest BCUT2D eigenvalue weighted by Crippen LogP contribution is -2.58. The predicted octanol–water partition coefficient (Wildman–Crippen LogP) is 19.9. The molecule has 0 spiro atoms. The number of allylic oxidation sites excluding steroid dienone is 6. The van der Waals surface area contributed by atoms with Crippen LogP contribution in [-0.4, -0.2) is 13.4 Å². The number of anilines is 6. The molecule has 1 aliphatic carbocycles. The van der Waals surface area contributed by atoms with Gasteiger partial charge >= 0.3 is 0 Å².